The molecule has 15 heavy (non-hydrogen) atoms. The van der Waals surface area contributed by atoms with E-state index in [1.807, 2.05) is 0 Å². The Morgan fingerprint density at radius 3 is 2.33 bits per heavy atom. The first-order valence-electron chi connectivity index (χ1n) is 6.29. The van der Waals surface area contributed by atoms with E-state index in [-0.39, 0.29) is 17.7 Å². The lowest BCUT2D eigenvalue weighted by atomic mass is 9.78. The van der Waals surface area contributed by atoms with Crippen LogP contribution in [0.3, 0.4) is 0 Å². The first kappa shape index (κ1) is 13.0. The van der Waals surface area contributed by atoms with Crippen LogP contribution in [0.15, 0.2) is 0 Å². The summed E-state index contributed by atoms with van der Waals surface area (Å²) in [5.41, 5.74) is 6.17. The highest BCUT2D eigenvalue weighted by Gasteiger charge is 2.35. The summed E-state index contributed by atoms with van der Waals surface area (Å²) >= 11 is 0. The molecule has 0 heterocycles. The monoisotopic (exact) mass is 213 g/mol. The number of rotatable bonds is 3. The van der Waals surface area contributed by atoms with E-state index in [4.69, 9.17) is 10.5 Å². The quantitative estimate of drug-likeness (QED) is 0.782. The predicted octanol–water partition coefficient (Wildman–Crippen LogP) is 2.95. The molecule has 0 saturated heterocycles. The van der Waals surface area contributed by atoms with Crippen LogP contribution in [0, 0.1) is 11.8 Å². The zero-order chi connectivity index (χ0) is 11.6. The first-order valence-corrected chi connectivity index (χ1v) is 6.29. The SMILES string of the molecule is CCC(C)(C)OC1C(C)CC(C)CC1N. The molecule has 0 aromatic heterocycles. The van der Waals surface area contributed by atoms with Crippen molar-refractivity contribution in [2.75, 3.05) is 0 Å². The van der Waals surface area contributed by atoms with Gasteiger partial charge in [0.2, 0.25) is 0 Å². The van der Waals surface area contributed by atoms with E-state index >= 15 is 0 Å². The Morgan fingerprint density at radius 1 is 1.27 bits per heavy atom. The van der Waals surface area contributed by atoms with Gasteiger partial charge in [-0.1, -0.05) is 20.8 Å². The molecule has 1 fully saturated rings. The molecule has 0 aliphatic heterocycles. The fraction of sp³-hybridized carbons (Fsp3) is 1.00. The Hall–Kier alpha value is -0.0800. The van der Waals surface area contributed by atoms with Crippen molar-refractivity contribution >= 4 is 0 Å². The highest BCUT2D eigenvalue weighted by Crippen LogP contribution is 2.33. The van der Waals surface area contributed by atoms with Gasteiger partial charge in [0, 0.05) is 6.04 Å². The van der Waals surface area contributed by atoms with E-state index in [1.165, 1.54) is 6.42 Å². The topological polar surface area (TPSA) is 35.2 Å². The van der Waals surface area contributed by atoms with Crippen molar-refractivity contribution in [3.8, 4) is 0 Å². The molecule has 4 atom stereocenters. The Bertz CT molecular complexity index is 191. The van der Waals surface area contributed by atoms with Gasteiger partial charge in [-0.15, -0.1) is 0 Å². The number of ether oxygens (including phenoxy) is 1. The lowest BCUT2D eigenvalue weighted by molar-refractivity contribution is -0.119. The lowest BCUT2D eigenvalue weighted by Gasteiger charge is -2.41. The smallest absolute Gasteiger partial charge is 0.0758 e. The molecule has 0 bridgehead atoms. The van der Waals surface area contributed by atoms with Crippen LogP contribution in [-0.2, 0) is 4.74 Å². The van der Waals surface area contributed by atoms with Gasteiger partial charge in [0.1, 0.15) is 0 Å². The van der Waals surface area contributed by atoms with Crippen molar-refractivity contribution in [3.05, 3.63) is 0 Å². The Balaban J connectivity index is 2.60. The standard InChI is InChI=1S/C13H27NO/c1-6-13(4,5)15-12-10(3)7-9(2)8-11(12)14/h9-12H,6-8,14H2,1-5H3. The van der Waals surface area contributed by atoms with Crippen LogP contribution in [0.4, 0.5) is 0 Å². The summed E-state index contributed by atoms with van der Waals surface area (Å²) < 4.78 is 6.18. The van der Waals surface area contributed by atoms with E-state index < -0.39 is 0 Å². The van der Waals surface area contributed by atoms with E-state index in [0.29, 0.717) is 5.92 Å². The van der Waals surface area contributed by atoms with Crippen LogP contribution in [0.2, 0.25) is 0 Å². The molecule has 1 aliphatic carbocycles. The molecule has 0 aromatic rings. The van der Waals surface area contributed by atoms with Crippen LogP contribution in [-0.4, -0.2) is 17.7 Å². The van der Waals surface area contributed by atoms with E-state index in [2.05, 4.69) is 34.6 Å². The predicted molar refractivity (Wildman–Crippen MR) is 64.8 cm³/mol. The molecule has 1 aliphatic rings. The molecule has 2 heteroatoms. The molecule has 1 rings (SSSR count). The fourth-order valence-electron chi connectivity index (χ4n) is 2.54. The van der Waals surface area contributed by atoms with Gasteiger partial charge >= 0.3 is 0 Å². The Morgan fingerprint density at radius 2 is 1.87 bits per heavy atom. The van der Waals surface area contributed by atoms with E-state index in [0.717, 1.165) is 18.8 Å². The van der Waals surface area contributed by atoms with Crippen molar-refractivity contribution in [1.29, 1.82) is 0 Å². The third-order valence-electron chi connectivity index (χ3n) is 3.74. The normalized spacial score (nSPS) is 38.0. The van der Waals surface area contributed by atoms with E-state index in [1.54, 1.807) is 0 Å². The summed E-state index contributed by atoms with van der Waals surface area (Å²) in [5, 5.41) is 0. The van der Waals surface area contributed by atoms with Crippen molar-refractivity contribution in [1.82, 2.24) is 0 Å². The molecule has 4 unspecified atom stereocenters. The van der Waals surface area contributed by atoms with Gasteiger partial charge in [-0.25, -0.2) is 0 Å². The molecule has 0 spiro atoms. The van der Waals surface area contributed by atoms with Crippen LogP contribution >= 0.6 is 0 Å². The van der Waals surface area contributed by atoms with E-state index in [9.17, 15) is 0 Å². The van der Waals surface area contributed by atoms with Gasteiger partial charge in [-0.2, -0.15) is 0 Å². The van der Waals surface area contributed by atoms with Gasteiger partial charge in [0.25, 0.3) is 0 Å². The zero-order valence-corrected chi connectivity index (χ0v) is 10.9. The maximum Gasteiger partial charge on any atom is 0.0758 e. The summed E-state index contributed by atoms with van der Waals surface area (Å²) in [6, 6.07) is 0.217. The third-order valence-corrected chi connectivity index (χ3v) is 3.74. The molecule has 0 radical (unpaired) electrons. The number of hydrogen-bond donors (Lipinski definition) is 1. The minimum Gasteiger partial charge on any atom is -0.370 e. The van der Waals surface area contributed by atoms with Crippen LogP contribution in [0.1, 0.15) is 53.9 Å². The second-order valence-electron chi connectivity index (χ2n) is 5.91. The maximum atomic E-state index is 6.20. The number of hydrogen-bond acceptors (Lipinski definition) is 2. The summed E-state index contributed by atoms with van der Waals surface area (Å²) in [6.07, 6.45) is 3.64. The molecule has 0 aromatic carbocycles. The van der Waals surface area contributed by atoms with Gasteiger partial charge in [-0.05, 0) is 44.9 Å². The van der Waals surface area contributed by atoms with Gasteiger partial charge in [-0.3, -0.25) is 0 Å². The van der Waals surface area contributed by atoms with Crippen molar-refractivity contribution in [3.63, 3.8) is 0 Å². The minimum absolute atomic E-state index is 0.0306. The van der Waals surface area contributed by atoms with Gasteiger partial charge in [0.15, 0.2) is 0 Å². The lowest BCUT2D eigenvalue weighted by Crippen LogP contribution is -2.49. The number of nitrogens with two attached hydrogens (primary N) is 1. The molecule has 2 nitrogen and oxygen atoms in total. The van der Waals surface area contributed by atoms with Crippen molar-refractivity contribution in [2.24, 2.45) is 17.6 Å². The second kappa shape index (κ2) is 4.84. The average molecular weight is 213 g/mol. The van der Waals surface area contributed by atoms with Crippen LogP contribution in [0.25, 0.3) is 0 Å². The van der Waals surface area contributed by atoms with Crippen LogP contribution < -0.4 is 5.73 Å². The Kier molecular flexibility index (Phi) is 4.19. The van der Waals surface area contributed by atoms with Gasteiger partial charge in [0.05, 0.1) is 11.7 Å². The Labute approximate surface area is 94.6 Å². The molecule has 1 saturated carbocycles. The molecular weight excluding hydrogens is 186 g/mol. The minimum atomic E-state index is -0.0306. The van der Waals surface area contributed by atoms with Crippen molar-refractivity contribution in [2.45, 2.75) is 71.6 Å². The summed E-state index contributed by atoms with van der Waals surface area (Å²) in [7, 11) is 0. The maximum absolute atomic E-state index is 6.20. The van der Waals surface area contributed by atoms with Crippen LogP contribution in [0.5, 0.6) is 0 Å². The third kappa shape index (κ3) is 3.46. The summed E-state index contributed by atoms with van der Waals surface area (Å²) in [4.78, 5) is 0. The summed E-state index contributed by atoms with van der Waals surface area (Å²) in [6.45, 7) is 11.0. The fourth-order valence-corrected chi connectivity index (χ4v) is 2.54. The van der Waals surface area contributed by atoms with Crippen molar-refractivity contribution < 1.29 is 4.74 Å². The molecule has 90 valence electrons. The highest BCUT2D eigenvalue weighted by atomic mass is 16.5. The largest absolute Gasteiger partial charge is 0.370 e. The molecule has 2 N–H and O–H groups in total. The summed E-state index contributed by atoms with van der Waals surface area (Å²) in [5.74, 6) is 1.34. The van der Waals surface area contributed by atoms with Gasteiger partial charge < -0.3 is 10.5 Å². The molecular formula is C13H27NO. The zero-order valence-electron chi connectivity index (χ0n) is 10.9. The first-order chi connectivity index (χ1) is 6.85. The second-order valence-corrected chi connectivity index (χ2v) is 5.91. The average Bonchev–Trinajstić information content (AvgIpc) is 2.11. The highest BCUT2D eigenvalue weighted by molar-refractivity contribution is 4.88. The molecule has 0 amide bonds.